The van der Waals surface area contributed by atoms with Crippen molar-refractivity contribution in [3.8, 4) is 6.19 Å². The van der Waals surface area contributed by atoms with Gasteiger partial charge in [0, 0.05) is 26.7 Å². The molecule has 0 amide bonds. The molecule has 0 spiro atoms. The van der Waals surface area contributed by atoms with E-state index in [0.717, 1.165) is 18.8 Å². The molecule has 0 saturated carbocycles. The zero-order valence-electron chi connectivity index (χ0n) is 10.9. The summed E-state index contributed by atoms with van der Waals surface area (Å²) in [6.45, 7) is 5.34. The van der Waals surface area contributed by atoms with Crippen LogP contribution in [-0.2, 0) is 0 Å². The summed E-state index contributed by atoms with van der Waals surface area (Å²) in [7, 11) is 3.68. The van der Waals surface area contributed by atoms with E-state index in [1.54, 1.807) is 7.05 Å². The standard InChI is InChI=1S/C12H19N5/c1-10(2)5-6-16(3)11-7-12(15-9-14-11)17(4)8-13/h7,9-10H,5-6H2,1-4H3. The molecule has 0 unspecified atom stereocenters. The van der Waals surface area contributed by atoms with Gasteiger partial charge in [0.25, 0.3) is 0 Å². The largest absolute Gasteiger partial charge is 0.360 e. The average molecular weight is 233 g/mol. The van der Waals surface area contributed by atoms with Gasteiger partial charge in [-0.25, -0.2) is 9.97 Å². The molecule has 1 heterocycles. The number of hydrogen-bond donors (Lipinski definition) is 0. The lowest BCUT2D eigenvalue weighted by Crippen LogP contribution is -2.21. The summed E-state index contributed by atoms with van der Waals surface area (Å²) in [5.74, 6) is 2.13. The zero-order chi connectivity index (χ0) is 12.8. The number of nitriles is 1. The summed E-state index contributed by atoms with van der Waals surface area (Å²) < 4.78 is 0. The van der Waals surface area contributed by atoms with E-state index in [0.29, 0.717) is 11.7 Å². The molecule has 0 atom stereocenters. The Kier molecular flexibility index (Phi) is 4.70. The molecule has 0 bridgehead atoms. The second-order valence-electron chi connectivity index (χ2n) is 4.50. The first-order chi connectivity index (χ1) is 8.04. The van der Waals surface area contributed by atoms with Crippen molar-refractivity contribution in [3.05, 3.63) is 12.4 Å². The van der Waals surface area contributed by atoms with Gasteiger partial charge in [0.15, 0.2) is 6.19 Å². The molecule has 1 rings (SSSR count). The maximum atomic E-state index is 8.80. The molecule has 92 valence electrons. The number of hydrogen-bond acceptors (Lipinski definition) is 5. The van der Waals surface area contributed by atoms with Crippen LogP contribution in [0.2, 0.25) is 0 Å². The minimum absolute atomic E-state index is 0.619. The zero-order valence-corrected chi connectivity index (χ0v) is 10.9. The predicted molar refractivity (Wildman–Crippen MR) is 68.8 cm³/mol. The van der Waals surface area contributed by atoms with Crippen molar-refractivity contribution in [3.63, 3.8) is 0 Å². The number of aromatic nitrogens is 2. The van der Waals surface area contributed by atoms with E-state index in [1.807, 2.05) is 19.3 Å². The number of nitrogens with zero attached hydrogens (tertiary/aromatic N) is 5. The Morgan fingerprint density at radius 3 is 2.53 bits per heavy atom. The van der Waals surface area contributed by atoms with E-state index in [9.17, 15) is 0 Å². The fourth-order valence-corrected chi connectivity index (χ4v) is 1.35. The van der Waals surface area contributed by atoms with Gasteiger partial charge in [0.05, 0.1) is 0 Å². The van der Waals surface area contributed by atoms with E-state index in [-0.39, 0.29) is 0 Å². The Labute approximate surface area is 103 Å². The van der Waals surface area contributed by atoms with Gasteiger partial charge < -0.3 is 4.90 Å². The highest BCUT2D eigenvalue weighted by atomic mass is 15.2. The van der Waals surface area contributed by atoms with Gasteiger partial charge in [0.1, 0.15) is 18.0 Å². The van der Waals surface area contributed by atoms with Crippen molar-refractivity contribution >= 4 is 11.6 Å². The average Bonchev–Trinajstić information content (AvgIpc) is 2.35. The summed E-state index contributed by atoms with van der Waals surface area (Å²) in [6.07, 6.45) is 4.63. The molecule has 1 aromatic rings. The smallest absolute Gasteiger partial charge is 0.185 e. The van der Waals surface area contributed by atoms with E-state index in [1.165, 1.54) is 11.2 Å². The van der Waals surface area contributed by atoms with Gasteiger partial charge in [-0.15, -0.1) is 0 Å². The normalized spacial score (nSPS) is 10.1. The fraction of sp³-hybridized carbons (Fsp3) is 0.583. The van der Waals surface area contributed by atoms with Crippen LogP contribution in [0, 0.1) is 17.4 Å². The predicted octanol–water partition coefficient (Wildman–Crippen LogP) is 1.88. The SMILES string of the molecule is CC(C)CCN(C)c1cc(N(C)C#N)ncn1. The quantitative estimate of drug-likeness (QED) is 0.574. The molecule has 17 heavy (non-hydrogen) atoms. The molecule has 0 aliphatic heterocycles. The molecule has 5 nitrogen and oxygen atoms in total. The highest BCUT2D eigenvalue weighted by Crippen LogP contribution is 2.15. The molecule has 0 N–H and O–H groups in total. The molecule has 0 aromatic carbocycles. The summed E-state index contributed by atoms with van der Waals surface area (Å²) >= 11 is 0. The van der Waals surface area contributed by atoms with Crippen molar-refractivity contribution in [1.82, 2.24) is 9.97 Å². The molecular weight excluding hydrogens is 214 g/mol. The first-order valence-electron chi connectivity index (χ1n) is 5.71. The van der Waals surface area contributed by atoms with Crippen LogP contribution in [-0.4, -0.2) is 30.6 Å². The Balaban J connectivity index is 2.74. The second-order valence-corrected chi connectivity index (χ2v) is 4.50. The Bertz CT molecular complexity index is 396. The lowest BCUT2D eigenvalue weighted by atomic mass is 10.1. The van der Waals surface area contributed by atoms with Crippen LogP contribution in [0.25, 0.3) is 0 Å². The summed E-state index contributed by atoms with van der Waals surface area (Å²) in [4.78, 5) is 11.8. The maximum absolute atomic E-state index is 8.80. The van der Waals surface area contributed by atoms with Gasteiger partial charge in [-0.1, -0.05) is 13.8 Å². The summed E-state index contributed by atoms with van der Waals surface area (Å²) in [5, 5.41) is 8.80. The van der Waals surface area contributed by atoms with Crippen LogP contribution in [0.15, 0.2) is 12.4 Å². The Morgan fingerprint density at radius 1 is 1.29 bits per heavy atom. The van der Waals surface area contributed by atoms with Crippen LogP contribution in [0.4, 0.5) is 11.6 Å². The topological polar surface area (TPSA) is 56.0 Å². The van der Waals surface area contributed by atoms with Crippen LogP contribution in [0.5, 0.6) is 0 Å². The molecule has 0 aliphatic carbocycles. The van der Waals surface area contributed by atoms with Crippen LogP contribution < -0.4 is 9.80 Å². The van der Waals surface area contributed by atoms with Crippen molar-refractivity contribution in [2.24, 2.45) is 5.92 Å². The number of anilines is 2. The van der Waals surface area contributed by atoms with Crippen molar-refractivity contribution in [2.75, 3.05) is 30.4 Å². The highest BCUT2D eigenvalue weighted by Gasteiger charge is 2.07. The van der Waals surface area contributed by atoms with Gasteiger partial charge in [-0.2, -0.15) is 5.26 Å². The molecule has 0 fully saturated rings. The third-order valence-corrected chi connectivity index (χ3v) is 2.56. The monoisotopic (exact) mass is 233 g/mol. The minimum atomic E-state index is 0.619. The molecule has 0 saturated heterocycles. The van der Waals surface area contributed by atoms with Crippen molar-refractivity contribution in [1.29, 1.82) is 5.26 Å². The Morgan fingerprint density at radius 2 is 1.94 bits per heavy atom. The lowest BCUT2D eigenvalue weighted by molar-refractivity contribution is 0.583. The summed E-state index contributed by atoms with van der Waals surface area (Å²) in [6, 6.07) is 1.82. The van der Waals surface area contributed by atoms with E-state index >= 15 is 0 Å². The molecular formula is C12H19N5. The molecule has 1 aromatic heterocycles. The van der Waals surface area contributed by atoms with Crippen LogP contribution >= 0.6 is 0 Å². The second kappa shape index (κ2) is 6.04. The van der Waals surface area contributed by atoms with E-state index in [4.69, 9.17) is 5.26 Å². The molecule has 5 heteroatoms. The third-order valence-electron chi connectivity index (χ3n) is 2.56. The minimum Gasteiger partial charge on any atom is -0.360 e. The summed E-state index contributed by atoms with van der Waals surface area (Å²) in [5.41, 5.74) is 0. The van der Waals surface area contributed by atoms with Gasteiger partial charge in [-0.05, 0) is 12.3 Å². The molecule has 0 aliphatic rings. The first kappa shape index (κ1) is 13.2. The Hall–Kier alpha value is -1.83. The maximum Gasteiger partial charge on any atom is 0.185 e. The van der Waals surface area contributed by atoms with Gasteiger partial charge in [0.2, 0.25) is 0 Å². The fourth-order valence-electron chi connectivity index (χ4n) is 1.35. The highest BCUT2D eigenvalue weighted by molar-refractivity contribution is 5.51. The van der Waals surface area contributed by atoms with Crippen LogP contribution in [0.1, 0.15) is 20.3 Å². The van der Waals surface area contributed by atoms with E-state index in [2.05, 4.69) is 28.7 Å². The third kappa shape index (κ3) is 3.91. The van der Waals surface area contributed by atoms with Gasteiger partial charge in [-0.3, -0.25) is 4.90 Å². The van der Waals surface area contributed by atoms with Gasteiger partial charge >= 0.3 is 0 Å². The van der Waals surface area contributed by atoms with Crippen molar-refractivity contribution < 1.29 is 0 Å². The number of rotatable bonds is 5. The lowest BCUT2D eigenvalue weighted by Gasteiger charge is -2.20. The van der Waals surface area contributed by atoms with Crippen molar-refractivity contribution in [2.45, 2.75) is 20.3 Å². The van der Waals surface area contributed by atoms with E-state index < -0.39 is 0 Å². The molecule has 0 radical (unpaired) electrons. The van der Waals surface area contributed by atoms with Crippen LogP contribution in [0.3, 0.4) is 0 Å². The first-order valence-corrected chi connectivity index (χ1v) is 5.71.